The molecule has 0 bridgehead atoms. The Bertz CT molecular complexity index is 678. The zero-order valence-electron chi connectivity index (χ0n) is 14.2. The molecule has 2 aromatic rings. The van der Waals surface area contributed by atoms with Crippen LogP contribution in [0.25, 0.3) is 0 Å². The normalized spacial score (nSPS) is 17.8. The lowest BCUT2D eigenvalue weighted by molar-refractivity contribution is 0.0492. The number of benzene rings is 1. The van der Waals surface area contributed by atoms with Crippen LogP contribution in [0.3, 0.4) is 0 Å². The van der Waals surface area contributed by atoms with Gasteiger partial charge in [0, 0.05) is 26.0 Å². The van der Waals surface area contributed by atoms with Crippen molar-refractivity contribution in [2.75, 3.05) is 20.2 Å². The quantitative estimate of drug-likeness (QED) is 0.878. The fraction of sp³-hybridized carbons (Fsp3) is 0.500. The lowest BCUT2D eigenvalue weighted by atomic mass is 9.90. The van der Waals surface area contributed by atoms with E-state index in [1.807, 2.05) is 23.9 Å². The maximum atomic E-state index is 10.5. The van der Waals surface area contributed by atoms with Gasteiger partial charge in [0.15, 0.2) is 11.5 Å². The third-order valence-electron chi connectivity index (χ3n) is 4.85. The van der Waals surface area contributed by atoms with E-state index < -0.39 is 6.10 Å². The molecule has 1 aromatic carbocycles. The number of aliphatic hydroxyl groups excluding tert-OH is 1. The van der Waals surface area contributed by atoms with Gasteiger partial charge in [-0.1, -0.05) is 6.07 Å². The van der Waals surface area contributed by atoms with Crippen LogP contribution in [0.1, 0.15) is 30.3 Å². The van der Waals surface area contributed by atoms with Gasteiger partial charge in [0.2, 0.25) is 0 Å². The molecule has 6 nitrogen and oxygen atoms in total. The zero-order valence-corrected chi connectivity index (χ0v) is 14.2. The van der Waals surface area contributed by atoms with Crippen molar-refractivity contribution in [3.63, 3.8) is 0 Å². The summed E-state index contributed by atoms with van der Waals surface area (Å²) < 4.78 is 6.96. The molecule has 0 aliphatic carbocycles. The number of methoxy groups -OCH3 is 1. The van der Waals surface area contributed by atoms with E-state index in [4.69, 9.17) is 4.74 Å². The van der Waals surface area contributed by atoms with Crippen molar-refractivity contribution in [1.82, 2.24) is 14.5 Å². The summed E-state index contributed by atoms with van der Waals surface area (Å²) in [7, 11) is 3.46. The van der Waals surface area contributed by atoms with E-state index in [-0.39, 0.29) is 11.7 Å². The molecule has 1 aliphatic heterocycles. The Morgan fingerprint density at radius 1 is 1.33 bits per heavy atom. The first kappa shape index (κ1) is 16.8. The number of aliphatic hydroxyl groups is 1. The topological polar surface area (TPSA) is 70.8 Å². The number of phenols is 1. The van der Waals surface area contributed by atoms with Crippen LogP contribution in [-0.4, -0.2) is 44.9 Å². The van der Waals surface area contributed by atoms with Gasteiger partial charge in [0.05, 0.1) is 7.11 Å². The van der Waals surface area contributed by atoms with E-state index in [0.717, 1.165) is 43.9 Å². The molecular weight excluding hydrogens is 306 g/mol. The highest BCUT2D eigenvalue weighted by Gasteiger charge is 2.28. The predicted molar refractivity (Wildman–Crippen MR) is 90.8 cm³/mol. The van der Waals surface area contributed by atoms with Crippen molar-refractivity contribution in [1.29, 1.82) is 0 Å². The Morgan fingerprint density at radius 2 is 2.08 bits per heavy atom. The number of aromatic hydroxyl groups is 1. The van der Waals surface area contributed by atoms with Crippen LogP contribution < -0.4 is 4.74 Å². The fourth-order valence-corrected chi connectivity index (χ4v) is 3.39. The average molecular weight is 331 g/mol. The monoisotopic (exact) mass is 331 g/mol. The molecule has 1 aliphatic rings. The first-order valence-corrected chi connectivity index (χ1v) is 8.32. The fourth-order valence-electron chi connectivity index (χ4n) is 3.39. The predicted octanol–water partition coefficient (Wildman–Crippen LogP) is 2.08. The van der Waals surface area contributed by atoms with Gasteiger partial charge in [0.25, 0.3) is 0 Å². The van der Waals surface area contributed by atoms with Crippen molar-refractivity contribution in [3.05, 3.63) is 42.0 Å². The van der Waals surface area contributed by atoms with Crippen molar-refractivity contribution >= 4 is 0 Å². The number of ether oxygens (including phenoxy) is 1. The SMILES string of the molecule is COc1ccc(CN2CCC(C(O)c3nccn3C)CC2)cc1O. The zero-order chi connectivity index (χ0) is 17.1. The van der Waals surface area contributed by atoms with Gasteiger partial charge < -0.3 is 19.5 Å². The molecule has 0 amide bonds. The van der Waals surface area contributed by atoms with E-state index in [1.165, 1.54) is 0 Å². The van der Waals surface area contributed by atoms with Gasteiger partial charge in [-0.05, 0) is 49.5 Å². The Labute approximate surface area is 142 Å². The minimum atomic E-state index is -0.503. The van der Waals surface area contributed by atoms with Crippen LogP contribution in [0.2, 0.25) is 0 Å². The molecule has 3 rings (SSSR count). The van der Waals surface area contributed by atoms with Gasteiger partial charge in [0.1, 0.15) is 11.9 Å². The maximum Gasteiger partial charge on any atom is 0.160 e. The highest BCUT2D eigenvalue weighted by Crippen LogP contribution is 2.31. The molecule has 1 unspecified atom stereocenters. The molecule has 1 fully saturated rings. The number of hydrogen-bond donors (Lipinski definition) is 2. The lowest BCUT2D eigenvalue weighted by Gasteiger charge is -2.34. The summed E-state index contributed by atoms with van der Waals surface area (Å²) in [6.07, 6.45) is 4.97. The molecule has 2 heterocycles. The Hall–Kier alpha value is -2.05. The van der Waals surface area contributed by atoms with Crippen LogP contribution in [0.5, 0.6) is 11.5 Å². The summed E-state index contributed by atoms with van der Waals surface area (Å²) in [6, 6.07) is 5.53. The smallest absolute Gasteiger partial charge is 0.160 e. The van der Waals surface area contributed by atoms with Crippen molar-refractivity contribution in [2.45, 2.75) is 25.5 Å². The summed E-state index contributed by atoms with van der Waals surface area (Å²) in [6.45, 7) is 2.65. The van der Waals surface area contributed by atoms with Gasteiger partial charge in [-0.2, -0.15) is 0 Å². The van der Waals surface area contributed by atoms with E-state index in [0.29, 0.717) is 5.75 Å². The highest BCUT2D eigenvalue weighted by atomic mass is 16.5. The molecule has 0 spiro atoms. The Balaban J connectivity index is 1.55. The second-order valence-electron chi connectivity index (χ2n) is 6.46. The third-order valence-corrected chi connectivity index (χ3v) is 4.85. The van der Waals surface area contributed by atoms with E-state index in [9.17, 15) is 10.2 Å². The summed E-state index contributed by atoms with van der Waals surface area (Å²) in [5.74, 6) is 1.66. The van der Waals surface area contributed by atoms with E-state index in [1.54, 1.807) is 25.4 Å². The minimum Gasteiger partial charge on any atom is -0.504 e. The standard InChI is InChI=1S/C18H25N3O3/c1-20-10-7-19-18(20)17(23)14-5-8-21(9-6-14)12-13-3-4-16(24-2)15(22)11-13/h3-4,7,10-11,14,17,22-23H,5-6,8-9,12H2,1-2H3. The summed E-state index contributed by atoms with van der Waals surface area (Å²) >= 11 is 0. The number of imidazole rings is 1. The number of aromatic nitrogens is 2. The van der Waals surface area contributed by atoms with E-state index in [2.05, 4.69) is 9.88 Å². The van der Waals surface area contributed by atoms with Gasteiger partial charge >= 0.3 is 0 Å². The maximum absolute atomic E-state index is 10.5. The first-order valence-electron chi connectivity index (χ1n) is 8.32. The average Bonchev–Trinajstić information content (AvgIpc) is 3.01. The number of hydrogen-bond acceptors (Lipinski definition) is 5. The van der Waals surface area contributed by atoms with Crippen LogP contribution >= 0.6 is 0 Å². The first-order chi connectivity index (χ1) is 11.6. The number of aryl methyl sites for hydroxylation is 1. The molecule has 0 radical (unpaired) electrons. The second-order valence-corrected chi connectivity index (χ2v) is 6.46. The van der Waals surface area contributed by atoms with Crippen LogP contribution in [-0.2, 0) is 13.6 Å². The molecule has 1 aromatic heterocycles. The molecule has 2 N–H and O–H groups in total. The van der Waals surface area contributed by atoms with Crippen LogP contribution in [0.15, 0.2) is 30.6 Å². The molecule has 24 heavy (non-hydrogen) atoms. The Kier molecular flexibility index (Phi) is 5.06. The van der Waals surface area contributed by atoms with Gasteiger partial charge in [-0.15, -0.1) is 0 Å². The summed E-state index contributed by atoms with van der Waals surface area (Å²) in [4.78, 5) is 6.61. The molecule has 130 valence electrons. The molecule has 1 saturated heterocycles. The third kappa shape index (κ3) is 3.55. The molecular formula is C18H25N3O3. The largest absolute Gasteiger partial charge is 0.504 e. The second kappa shape index (κ2) is 7.23. The molecule has 0 saturated carbocycles. The molecule has 6 heteroatoms. The van der Waals surface area contributed by atoms with Crippen LogP contribution in [0, 0.1) is 5.92 Å². The van der Waals surface area contributed by atoms with E-state index >= 15 is 0 Å². The van der Waals surface area contributed by atoms with Crippen molar-refractivity contribution in [2.24, 2.45) is 13.0 Å². The van der Waals surface area contributed by atoms with Crippen molar-refractivity contribution < 1.29 is 14.9 Å². The molecule has 1 atom stereocenters. The highest BCUT2D eigenvalue weighted by molar-refractivity contribution is 5.41. The number of likely N-dealkylation sites (tertiary alicyclic amines) is 1. The van der Waals surface area contributed by atoms with Gasteiger partial charge in [-0.25, -0.2) is 4.98 Å². The van der Waals surface area contributed by atoms with Crippen molar-refractivity contribution in [3.8, 4) is 11.5 Å². The number of rotatable bonds is 5. The lowest BCUT2D eigenvalue weighted by Crippen LogP contribution is -2.35. The Morgan fingerprint density at radius 3 is 2.67 bits per heavy atom. The minimum absolute atomic E-state index is 0.176. The number of nitrogens with zero attached hydrogens (tertiary/aromatic N) is 3. The summed E-state index contributed by atoms with van der Waals surface area (Å²) in [5.41, 5.74) is 1.07. The number of piperidine rings is 1. The number of phenolic OH excluding ortho intramolecular Hbond substituents is 1. The van der Waals surface area contributed by atoms with Crippen LogP contribution in [0.4, 0.5) is 0 Å². The van der Waals surface area contributed by atoms with Gasteiger partial charge in [-0.3, -0.25) is 4.90 Å². The summed E-state index contributed by atoms with van der Waals surface area (Å²) in [5, 5.41) is 20.4.